The largest absolute Gasteiger partial charge is 0.477 e. The lowest BCUT2D eigenvalue weighted by molar-refractivity contribution is -0.149. The van der Waals surface area contributed by atoms with Gasteiger partial charge in [-0.05, 0) is 28.1 Å². The minimum absolute atomic E-state index is 0.0325. The van der Waals surface area contributed by atoms with E-state index >= 15 is 0 Å². The van der Waals surface area contributed by atoms with E-state index in [1.807, 2.05) is 0 Å². The summed E-state index contributed by atoms with van der Waals surface area (Å²) in [6.45, 7) is 0. The van der Waals surface area contributed by atoms with Crippen LogP contribution >= 0.6 is 11.3 Å². The minimum Gasteiger partial charge on any atom is -0.477 e. The fourth-order valence-corrected chi connectivity index (χ4v) is 2.43. The van der Waals surface area contributed by atoms with Gasteiger partial charge in [0.2, 0.25) is 0 Å². The second-order valence-corrected chi connectivity index (χ2v) is 5.06. The highest BCUT2D eigenvalue weighted by atomic mass is 32.1. The van der Waals surface area contributed by atoms with Gasteiger partial charge in [0.15, 0.2) is 0 Å². The molecule has 0 spiro atoms. The first-order chi connectivity index (χ1) is 9.29. The molecule has 1 aromatic heterocycles. The van der Waals surface area contributed by atoms with Gasteiger partial charge in [-0.1, -0.05) is 24.3 Å². The summed E-state index contributed by atoms with van der Waals surface area (Å²) >= 11 is 1.06. The number of carboxylic acids is 1. The summed E-state index contributed by atoms with van der Waals surface area (Å²) in [6.07, 6.45) is -4.49. The van der Waals surface area contributed by atoms with Gasteiger partial charge in [0.1, 0.15) is 10.9 Å². The van der Waals surface area contributed by atoms with Gasteiger partial charge in [-0.3, -0.25) is 0 Å². The van der Waals surface area contributed by atoms with Crippen LogP contribution in [-0.4, -0.2) is 17.3 Å². The lowest BCUT2D eigenvalue weighted by Gasteiger charge is -2.15. The smallest absolute Gasteiger partial charge is 0.407 e. The predicted octanol–water partition coefficient (Wildman–Crippen LogP) is 3.68. The summed E-state index contributed by atoms with van der Waals surface area (Å²) in [5, 5.41) is 10.5. The molecular weight excluding hydrogens is 291 g/mol. The van der Waals surface area contributed by atoms with E-state index in [1.165, 1.54) is 30.3 Å². The fraction of sp³-hybridized carbons (Fsp3) is 0.154. The summed E-state index contributed by atoms with van der Waals surface area (Å²) in [5.41, 5.74) is 6.37. The molecule has 0 aliphatic carbocycles. The molecule has 3 nitrogen and oxygen atoms in total. The van der Waals surface area contributed by atoms with Crippen LogP contribution in [0.4, 0.5) is 13.2 Å². The van der Waals surface area contributed by atoms with Crippen molar-refractivity contribution in [2.45, 2.75) is 12.2 Å². The number of thiophene rings is 1. The van der Waals surface area contributed by atoms with Gasteiger partial charge >= 0.3 is 12.1 Å². The van der Waals surface area contributed by atoms with Crippen LogP contribution in [0.2, 0.25) is 0 Å². The lowest BCUT2D eigenvalue weighted by atomic mass is 10.0. The Morgan fingerprint density at radius 2 is 1.80 bits per heavy atom. The van der Waals surface area contributed by atoms with Crippen molar-refractivity contribution in [3.05, 3.63) is 46.2 Å². The number of carbonyl (C=O) groups is 1. The maximum absolute atomic E-state index is 12.5. The summed E-state index contributed by atoms with van der Waals surface area (Å²) in [6, 6.07) is 5.04. The predicted molar refractivity (Wildman–Crippen MR) is 69.7 cm³/mol. The van der Waals surface area contributed by atoms with Crippen molar-refractivity contribution < 1.29 is 23.1 Å². The molecule has 106 valence electrons. The molecule has 0 radical (unpaired) electrons. The van der Waals surface area contributed by atoms with Crippen LogP contribution in [0.15, 0.2) is 35.7 Å². The van der Waals surface area contributed by atoms with Gasteiger partial charge in [0.25, 0.3) is 0 Å². The molecule has 7 heteroatoms. The molecule has 0 unspecified atom stereocenters. The zero-order valence-corrected chi connectivity index (χ0v) is 10.8. The number of rotatable bonds is 3. The summed E-state index contributed by atoms with van der Waals surface area (Å²) in [4.78, 5) is 10.9. The Morgan fingerprint density at radius 3 is 2.25 bits per heavy atom. The first-order valence-corrected chi connectivity index (χ1v) is 6.41. The molecule has 0 saturated heterocycles. The van der Waals surface area contributed by atoms with Crippen molar-refractivity contribution in [3.63, 3.8) is 0 Å². The van der Waals surface area contributed by atoms with E-state index in [-0.39, 0.29) is 10.4 Å². The van der Waals surface area contributed by atoms with Gasteiger partial charge in [0.05, 0.1) is 0 Å². The molecule has 2 aromatic rings. The van der Waals surface area contributed by atoms with E-state index in [0.29, 0.717) is 11.1 Å². The number of aromatic carboxylic acids is 1. The third-order valence-electron chi connectivity index (χ3n) is 2.77. The molecule has 1 heterocycles. The zero-order chi connectivity index (χ0) is 14.9. The molecule has 1 atom stereocenters. The van der Waals surface area contributed by atoms with Crippen LogP contribution in [0.25, 0.3) is 11.1 Å². The van der Waals surface area contributed by atoms with Crippen LogP contribution in [0, 0.1) is 0 Å². The molecule has 2 rings (SSSR count). The number of alkyl halides is 3. The van der Waals surface area contributed by atoms with Gasteiger partial charge in [-0.2, -0.15) is 13.2 Å². The molecule has 0 bridgehead atoms. The summed E-state index contributed by atoms with van der Waals surface area (Å²) in [7, 11) is 0. The average Bonchev–Trinajstić information content (AvgIpc) is 2.86. The van der Waals surface area contributed by atoms with Gasteiger partial charge in [-0.25, -0.2) is 4.79 Å². The number of hydrogen-bond acceptors (Lipinski definition) is 3. The highest BCUT2D eigenvalue weighted by Gasteiger charge is 2.37. The molecule has 0 saturated carbocycles. The number of benzene rings is 1. The second-order valence-electron chi connectivity index (χ2n) is 4.15. The van der Waals surface area contributed by atoms with Gasteiger partial charge in [-0.15, -0.1) is 11.3 Å². The van der Waals surface area contributed by atoms with Crippen molar-refractivity contribution in [2.75, 3.05) is 0 Å². The molecule has 1 aromatic carbocycles. The van der Waals surface area contributed by atoms with E-state index < -0.39 is 18.2 Å². The first-order valence-electron chi connectivity index (χ1n) is 5.53. The zero-order valence-electron chi connectivity index (χ0n) is 10.0. The highest BCUT2D eigenvalue weighted by Crippen LogP contribution is 2.32. The summed E-state index contributed by atoms with van der Waals surface area (Å²) < 4.78 is 37.4. The standard InChI is InChI=1S/C13H10F3NO2S/c14-13(15,16)11(17)8-3-1-7(2-4-8)9-5-10(12(18)19)20-6-9/h1-6,11H,17H2,(H,18,19)/t11-/m1/s1. The van der Waals surface area contributed by atoms with E-state index in [0.717, 1.165) is 11.3 Å². The SMILES string of the molecule is N[C@H](c1ccc(-c2csc(C(=O)O)c2)cc1)C(F)(F)F. The Morgan fingerprint density at radius 1 is 1.20 bits per heavy atom. The quantitative estimate of drug-likeness (QED) is 0.909. The van der Waals surface area contributed by atoms with Crippen LogP contribution in [0.3, 0.4) is 0 Å². The maximum atomic E-state index is 12.5. The van der Waals surface area contributed by atoms with Crippen molar-refractivity contribution in [2.24, 2.45) is 5.73 Å². The Hall–Kier alpha value is -1.86. The number of halogens is 3. The average molecular weight is 301 g/mol. The summed E-state index contributed by atoms with van der Waals surface area (Å²) in [5.74, 6) is -1.03. The van der Waals surface area contributed by atoms with Crippen molar-refractivity contribution in [1.82, 2.24) is 0 Å². The van der Waals surface area contributed by atoms with Crippen molar-refractivity contribution >= 4 is 17.3 Å². The molecule has 0 fully saturated rings. The molecule has 3 N–H and O–H groups in total. The topological polar surface area (TPSA) is 63.3 Å². The molecule has 0 aliphatic rings. The van der Waals surface area contributed by atoms with Crippen LogP contribution in [0.5, 0.6) is 0 Å². The van der Waals surface area contributed by atoms with Crippen molar-refractivity contribution in [1.29, 1.82) is 0 Å². The third-order valence-corrected chi connectivity index (χ3v) is 3.68. The van der Waals surface area contributed by atoms with Crippen molar-refractivity contribution in [3.8, 4) is 11.1 Å². The highest BCUT2D eigenvalue weighted by molar-refractivity contribution is 7.12. The Kier molecular flexibility index (Phi) is 3.82. The number of nitrogens with two attached hydrogens (primary N) is 1. The molecule has 0 amide bonds. The molecule has 0 aliphatic heterocycles. The fourth-order valence-electron chi connectivity index (χ4n) is 1.67. The van der Waals surface area contributed by atoms with E-state index in [1.54, 1.807) is 5.38 Å². The molecular formula is C13H10F3NO2S. The number of carboxylic acid groups (broad SMARTS) is 1. The van der Waals surface area contributed by atoms with Crippen LogP contribution < -0.4 is 5.73 Å². The van der Waals surface area contributed by atoms with E-state index in [4.69, 9.17) is 10.8 Å². The van der Waals surface area contributed by atoms with E-state index in [9.17, 15) is 18.0 Å². The monoisotopic (exact) mass is 301 g/mol. The van der Waals surface area contributed by atoms with E-state index in [2.05, 4.69) is 0 Å². The second kappa shape index (κ2) is 5.26. The minimum atomic E-state index is -4.49. The Labute approximate surface area is 116 Å². The van der Waals surface area contributed by atoms with Gasteiger partial charge < -0.3 is 10.8 Å². The number of hydrogen-bond donors (Lipinski definition) is 2. The van der Waals surface area contributed by atoms with Gasteiger partial charge in [0, 0.05) is 0 Å². The Balaban J connectivity index is 2.25. The maximum Gasteiger partial charge on any atom is 0.407 e. The normalized spacial score (nSPS) is 13.2. The lowest BCUT2D eigenvalue weighted by Crippen LogP contribution is -2.28. The Bertz CT molecular complexity index is 619. The van der Waals surface area contributed by atoms with Crippen LogP contribution in [0.1, 0.15) is 21.3 Å². The molecule has 20 heavy (non-hydrogen) atoms. The first kappa shape index (κ1) is 14.5. The third kappa shape index (κ3) is 3.00. The van der Waals surface area contributed by atoms with Crippen LogP contribution in [-0.2, 0) is 0 Å².